The summed E-state index contributed by atoms with van der Waals surface area (Å²) in [5, 5.41) is 9.32. The molecule has 1 heterocycles. The Balaban J connectivity index is 2.31. The first-order valence-corrected chi connectivity index (χ1v) is 7.41. The van der Waals surface area contributed by atoms with Gasteiger partial charge in [0.2, 0.25) is 5.91 Å². The van der Waals surface area contributed by atoms with Crippen molar-refractivity contribution in [2.75, 3.05) is 13.7 Å². The van der Waals surface area contributed by atoms with Crippen LogP contribution in [0, 0.1) is 11.3 Å². The second-order valence-electron chi connectivity index (χ2n) is 7.36. The summed E-state index contributed by atoms with van der Waals surface area (Å²) in [6.45, 7) is 7.58. The third kappa shape index (κ3) is 1.92. The first-order chi connectivity index (χ1) is 9.49. The van der Waals surface area contributed by atoms with E-state index in [0.29, 0.717) is 6.61 Å². The Morgan fingerprint density at radius 3 is 2.48 bits per heavy atom. The Morgan fingerprint density at radius 1 is 1.38 bits per heavy atom. The number of carboxylic acid groups (broad SMARTS) is 1. The number of ether oxygens (including phenoxy) is 1. The molecule has 2 aliphatic rings. The number of amides is 1. The predicted octanol–water partition coefficient (Wildman–Crippen LogP) is 0.840. The van der Waals surface area contributed by atoms with Crippen molar-refractivity contribution in [2.45, 2.75) is 57.7 Å². The number of fused-ring (bicyclic) bond motifs is 1. The van der Waals surface area contributed by atoms with E-state index in [9.17, 15) is 14.7 Å². The number of carboxylic acids is 1. The molecule has 1 amide bonds. The molecule has 120 valence electrons. The van der Waals surface area contributed by atoms with Crippen molar-refractivity contribution in [1.82, 2.24) is 4.90 Å². The summed E-state index contributed by atoms with van der Waals surface area (Å²) in [6.07, 6.45) is 1.70. The van der Waals surface area contributed by atoms with Gasteiger partial charge in [0.1, 0.15) is 11.1 Å². The molecular weight excluding hydrogens is 272 g/mol. The van der Waals surface area contributed by atoms with Crippen LogP contribution in [0.25, 0.3) is 0 Å². The molecule has 0 bridgehead atoms. The van der Waals surface area contributed by atoms with Crippen LogP contribution in [0.1, 0.15) is 40.5 Å². The van der Waals surface area contributed by atoms with E-state index in [1.165, 1.54) is 25.8 Å². The van der Waals surface area contributed by atoms with E-state index in [1.807, 2.05) is 13.8 Å². The van der Waals surface area contributed by atoms with Gasteiger partial charge in [0.15, 0.2) is 0 Å². The number of likely N-dealkylation sites (N-methyl/N-ethyl adjacent to an activating group) is 1. The van der Waals surface area contributed by atoms with Crippen LogP contribution in [0.3, 0.4) is 0 Å². The molecule has 2 fully saturated rings. The van der Waals surface area contributed by atoms with Gasteiger partial charge >= 0.3 is 5.97 Å². The van der Waals surface area contributed by atoms with Gasteiger partial charge in [0.05, 0.1) is 6.10 Å². The highest BCUT2D eigenvalue weighted by molar-refractivity contribution is 5.93. The van der Waals surface area contributed by atoms with E-state index >= 15 is 0 Å². The number of aliphatic carboxylic acids is 1. The summed E-state index contributed by atoms with van der Waals surface area (Å²) in [4.78, 5) is 25.6. The van der Waals surface area contributed by atoms with Crippen molar-refractivity contribution in [3.63, 3.8) is 0 Å². The second-order valence-corrected chi connectivity index (χ2v) is 7.36. The number of nitrogens with zero attached hydrogens (tertiary/aromatic N) is 1. The molecule has 21 heavy (non-hydrogen) atoms. The lowest BCUT2D eigenvalue weighted by molar-refractivity contribution is -0.231. The fourth-order valence-electron chi connectivity index (χ4n) is 3.68. The van der Waals surface area contributed by atoms with Gasteiger partial charge in [-0.15, -0.1) is 0 Å². The maximum Gasteiger partial charge on any atom is 0.329 e. The maximum absolute atomic E-state index is 13.0. The third-order valence-electron chi connectivity index (χ3n) is 5.71. The first kappa shape index (κ1) is 16.2. The van der Waals surface area contributed by atoms with Gasteiger partial charge < -0.3 is 20.5 Å². The van der Waals surface area contributed by atoms with Crippen LogP contribution in [0.2, 0.25) is 0 Å². The molecule has 3 atom stereocenters. The first-order valence-electron chi connectivity index (χ1n) is 7.41. The zero-order valence-electron chi connectivity index (χ0n) is 13.5. The average molecular weight is 298 g/mol. The Bertz CT molecular complexity index is 474. The summed E-state index contributed by atoms with van der Waals surface area (Å²) in [6, 6.07) is 0. The highest BCUT2D eigenvalue weighted by Gasteiger charge is 2.71. The highest BCUT2D eigenvalue weighted by Crippen LogP contribution is 2.58. The number of nitrogens with two attached hydrogens (primary N) is 1. The minimum atomic E-state index is -1.29. The molecule has 6 heteroatoms. The van der Waals surface area contributed by atoms with E-state index in [2.05, 4.69) is 0 Å². The topological polar surface area (TPSA) is 92.9 Å². The van der Waals surface area contributed by atoms with Gasteiger partial charge in [-0.1, -0.05) is 13.8 Å². The Hall–Kier alpha value is -1.14. The van der Waals surface area contributed by atoms with Gasteiger partial charge in [-0.05, 0) is 26.7 Å². The maximum atomic E-state index is 13.0. The summed E-state index contributed by atoms with van der Waals surface area (Å²) < 4.78 is 5.78. The van der Waals surface area contributed by atoms with Crippen molar-refractivity contribution >= 4 is 11.9 Å². The molecule has 0 aromatic rings. The second kappa shape index (κ2) is 4.68. The Kier molecular flexibility index (Phi) is 3.62. The van der Waals surface area contributed by atoms with Gasteiger partial charge in [0.25, 0.3) is 0 Å². The van der Waals surface area contributed by atoms with Crippen LogP contribution in [0.4, 0.5) is 0 Å². The normalized spacial score (nSPS) is 34.6. The molecular formula is C15H26N2O4. The fourth-order valence-corrected chi connectivity index (χ4v) is 3.68. The molecule has 0 aromatic heterocycles. The zero-order chi connectivity index (χ0) is 16.2. The summed E-state index contributed by atoms with van der Waals surface area (Å²) in [5.74, 6) is -1.40. The molecule has 1 saturated heterocycles. The molecule has 6 nitrogen and oxygen atoms in total. The van der Waals surface area contributed by atoms with Gasteiger partial charge in [-0.3, -0.25) is 4.79 Å². The lowest BCUT2D eigenvalue weighted by atomic mass is 9.46. The van der Waals surface area contributed by atoms with Gasteiger partial charge in [-0.2, -0.15) is 0 Å². The van der Waals surface area contributed by atoms with Crippen LogP contribution in [0.5, 0.6) is 0 Å². The van der Waals surface area contributed by atoms with Crippen molar-refractivity contribution in [1.29, 1.82) is 0 Å². The number of rotatable bonds is 3. The Labute approximate surface area is 125 Å². The summed E-state index contributed by atoms with van der Waals surface area (Å²) >= 11 is 0. The van der Waals surface area contributed by atoms with E-state index in [1.54, 1.807) is 0 Å². The summed E-state index contributed by atoms with van der Waals surface area (Å²) in [7, 11) is 1.51. The standard InChI is InChI=1S/C15H26N2O4/c1-13(2)10-9(7-6-8-21-10)15(13,16)11(18)17(5)14(3,4)12(19)20/h9-10H,6-8,16H2,1-5H3,(H,19,20). The number of carbonyl (C=O) groups excluding carboxylic acids is 1. The van der Waals surface area contributed by atoms with Crippen molar-refractivity contribution in [3.05, 3.63) is 0 Å². The highest BCUT2D eigenvalue weighted by atomic mass is 16.5. The quantitative estimate of drug-likeness (QED) is 0.805. The van der Waals surface area contributed by atoms with Crippen LogP contribution in [-0.2, 0) is 14.3 Å². The average Bonchev–Trinajstić information content (AvgIpc) is 2.44. The molecule has 3 unspecified atom stereocenters. The minimum Gasteiger partial charge on any atom is -0.480 e. The zero-order valence-corrected chi connectivity index (χ0v) is 13.5. The van der Waals surface area contributed by atoms with E-state index in [-0.39, 0.29) is 17.9 Å². The molecule has 0 aromatic carbocycles. The Morgan fingerprint density at radius 2 is 1.95 bits per heavy atom. The molecule has 3 N–H and O–H groups in total. The molecule has 0 radical (unpaired) electrons. The van der Waals surface area contributed by atoms with Crippen molar-refractivity contribution in [2.24, 2.45) is 17.1 Å². The van der Waals surface area contributed by atoms with E-state index < -0.39 is 22.5 Å². The lowest BCUT2D eigenvalue weighted by Crippen LogP contribution is -2.83. The summed E-state index contributed by atoms with van der Waals surface area (Å²) in [5.41, 5.74) is 3.65. The molecule has 2 rings (SSSR count). The molecule has 1 aliphatic heterocycles. The largest absolute Gasteiger partial charge is 0.480 e. The van der Waals surface area contributed by atoms with Gasteiger partial charge in [-0.25, -0.2) is 4.79 Å². The molecule has 0 spiro atoms. The predicted molar refractivity (Wildman–Crippen MR) is 77.6 cm³/mol. The smallest absolute Gasteiger partial charge is 0.329 e. The minimum absolute atomic E-state index is 0.0264. The fraction of sp³-hybridized carbons (Fsp3) is 0.867. The third-order valence-corrected chi connectivity index (χ3v) is 5.71. The van der Waals surface area contributed by atoms with E-state index in [4.69, 9.17) is 10.5 Å². The molecule has 1 saturated carbocycles. The van der Waals surface area contributed by atoms with Crippen molar-refractivity contribution < 1.29 is 19.4 Å². The van der Waals surface area contributed by atoms with Crippen LogP contribution >= 0.6 is 0 Å². The SMILES string of the molecule is CN(C(=O)C1(N)C2CCCOC2C1(C)C)C(C)(C)C(=O)O. The van der Waals surface area contributed by atoms with E-state index in [0.717, 1.165) is 12.8 Å². The number of hydrogen-bond acceptors (Lipinski definition) is 4. The number of hydrogen-bond donors (Lipinski definition) is 2. The monoisotopic (exact) mass is 298 g/mol. The number of carbonyl (C=O) groups is 2. The van der Waals surface area contributed by atoms with Crippen LogP contribution < -0.4 is 5.73 Å². The van der Waals surface area contributed by atoms with Crippen LogP contribution in [-0.4, -0.2) is 52.7 Å². The molecule has 1 aliphatic carbocycles. The van der Waals surface area contributed by atoms with Crippen LogP contribution in [0.15, 0.2) is 0 Å². The lowest BCUT2D eigenvalue weighted by Gasteiger charge is -2.66. The van der Waals surface area contributed by atoms with Crippen molar-refractivity contribution in [3.8, 4) is 0 Å². The van der Waals surface area contributed by atoms with Gasteiger partial charge in [0, 0.05) is 25.0 Å².